The lowest BCUT2D eigenvalue weighted by Crippen LogP contribution is -2.50. The van der Waals surface area contributed by atoms with Crippen LogP contribution in [0.5, 0.6) is 0 Å². The van der Waals surface area contributed by atoms with E-state index in [2.05, 4.69) is 34.1 Å². The molecular formula is C20H24N3O+. The van der Waals surface area contributed by atoms with Crippen molar-refractivity contribution < 1.29 is 9.78 Å². The van der Waals surface area contributed by atoms with Crippen LogP contribution >= 0.6 is 0 Å². The maximum absolute atomic E-state index is 12.6. The molecule has 24 heavy (non-hydrogen) atoms. The van der Waals surface area contributed by atoms with E-state index in [0.717, 1.165) is 32.0 Å². The molecule has 0 saturated carbocycles. The maximum atomic E-state index is 12.6. The number of aryl methyl sites for hydroxylation is 2. The van der Waals surface area contributed by atoms with Gasteiger partial charge in [-0.25, -0.2) is 4.98 Å². The van der Waals surface area contributed by atoms with Gasteiger partial charge in [0, 0.05) is 6.07 Å². The number of nitrogens with zero attached hydrogens (tertiary/aromatic N) is 2. The number of aromatic nitrogens is 1. The smallest absolute Gasteiger partial charge is 0.274 e. The van der Waals surface area contributed by atoms with Gasteiger partial charge >= 0.3 is 0 Å². The summed E-state index contributed by atoms with van der Waals surface area (Å²) in [5, 5.41) is 0. The minimum absolute atomic E-state index is 0.254. The topological polar surface area (TPSA) is 37.7 Å². The van der Waals surface area contributed by atoms with E-state index in [0.29, 0.717) is 6.42 Å². The van der Waals surface area contributed by atoms with E-state index in [1.165, 1.54) is 36.0 Å². The average molecular weight is 322 g/mol. The Balaban J connectivity index is 1.35. The largest absolute Gasteiger partial charge is 0.335 e. The fraction of sp³-hybridized carbons (Fsp3) is 0.400. The normalized spacial score (nSPS) is 17.0. The molecule has 4 nitrogen and oxygen atoms in total. The summed E-state index contributed by atoms with van der Waals surface area (Å²) >= 11 is 0. The minimum atomic E-state index is 0.254. The van der Waals surface area contributed by atoms with Gasteiger partial charge < -0.3 is 4.90 Å². The summed E-state index contributed by atoms with van der Waals surface area (Å²) in [6, 6.07) is 12.7. The second-order valence-corrected chi connectivity index (χ2v) is 6.75. The Morgan fingerprint density at radius 1 is 1.00 bits per heavy atom. The molecular weight excluding hydrogens is 298 g/mol. The Labute approximate surface area is 143 Å². The first kappa shape index (κ1) is 15.2. The first-order valence-electron chi connectivity index (χ1n) is 8.90. The van der Waals surface area contributed by atoms with Crippen LogP contribution in [0, 0.1) is 0 Å². The van der Waals surface area contributed by atoms with E-state index < -0.39 is 0 Å². The van der Waals surface area contributed by atoms with Crippen LogP contribution in [-0.2, 0) is 24.1 Å². The number of carbonyl (C=O) groups excluding carboxylic acids is 1. The monoisotopic (exact) mass is 322 g/mol. The third-order valence-corrected chi connectivity index (χ3v) is 5.18. The van der Waals surface area contributed by atoms with Crippen molar-refractivity contribution in [1.29, 1.82) is 0 Å². The molecule has 4 rings (SSSR count). The number of hydrogen-bond donors (Lipinski definition) is 0. The van der Waals surface area contributed by atoms with Crippen molar-refractivity contribution in [3.8, 4) is 0 Å². The molecule has 0 bridgehead atoms. The van der Waals surface area contributed by atoms with E-state index in [4.69, 9.17) is 0 Å². The Morgan fingerprint density at radius 3 is 2.62 bits per heavy atom. The molecule has 1 aliphatic heterocycles. The van der Waals surface area contributed by atoms with Crippen LogP contribution in [0.2, 0.25) is 0 Å². The molecule has 0 radical (unpaired) electrons. The molecule has 4 heteroatoms. The molecule has 1 aromatic carbocycles. The number of hydrogen-bond acceptors (Lipinski definition) is 2. The van der Waals surface area contributed by atoms with Gasteiger partial charge in [-0.1, -0.05) is 24.3 Å². The zero-order chi connectivity index (χ0) is 16.4. The van der Waals surface area contributed by atoms with E-state index in [-0.39, 0.29) is 5.91 Å². The summed E-state index contributed by atoms with van der Waals surface area (Å²) in [5.74, 6) is 1.38. The number of H-pyrrole nitrogens is 1. The third-order valence-electron chi connectivity index (χ3n) is 5.18. The van der Waals surface area contributed by atoms with Gasteiger partial charge in [0.05, 0.1) is 25.7 Å². The molecule has 2 aliphatic rings. The van der Waals surface area contributed by atoms with Crippen molar-refractivity contribution in [3.05, 3.63) is 59.3 Å². The number of carbonyl (C=O) groups is 1. The molecule has 1 aliphatic carbocycles. The predicted octanol–water partition coefficient (Wildman–Crippen LogP) is 1.88. The van der Waals surface area contributed by atoms with Gasteiger partial charge in [-0.05, 0) is 42.0 Å². The third kappa shape index (κ3) is 3.14. The fourth-order valence-corrected chi connectivity index (χ4v) is 3.80. The molecule has 1 amide bonds. The van der Waals surface area contributed by atoms with Crippen LogP contribution in [0.4, 0.5) is 5.82 Å². The van der Waals surface area contributed by atoms with E-state index >= 15 is 0 Å². The number of aromatic amines is 1. The predicted molar refractivity (Wildman–Crippen MR) is 94.0 cm³/mol. The number of pyridine rings is 1. The lowest BCUT2D eigenvalue weighted by atomic mass is 10.0. The van der Waals surface area contributed by atoms with Gasteiger partial charge in [0.1, 0.15) is 13.1 Å². The summed E-state index contributed by atoms with van der Waals surface area (Å²) in [6.45, 7) is 3.37. The Hall–Kier alpha value is -2.36. The highest BCUT2D eigenvalue weighted by Crippen LogP contribution is 2.23. The van der Waals surface area contributed by atoms with Gasteiger partial charge in [0.15, 0.2) is 0 Å². The standard InChI is InChI=1S/C20H23N3O/c24-20(15-16-7-8-17-4-3-5-18(17)14-16)23-12-10-22(11-13-23)19-6-1-2-9-21-19/h1-2,6-9,14H,3-5,10-13,15H2/p+1. The second-order valence-electron chi connectivity index (χ2n) is 6.75. The van der Waals surface area contributed by atoms with Crippen molar-refractivity contribution in [3.63, 3.8) is 0 Å². The fourth-order valence-electron chi connectivity index (χ4n) is 3.80. The molecule has 124 valence electrons. The average Bonchev–Trinajstić information content (AvgIpc) is 3.10. The highest BCUT2D eigenvalue weighted by atomic mass is 16.2. The number of rotatable bonds is 3. The highest BCUT2D eigenvalue weighted by molar-refractivity contribution is 5.79. The number of fused-ring (bicyclic) bond motifs is 1. The van der Waals surface area contributed by atoms with E-state index in [1.807, 2.05) is 23.2 Å². The number of piperazine rings is 1. The summed E-state index contributed by atoms with van der Waals surface area (Å²) in [7, 11) is 0. The van der Waals surface area contributed by atoms with Crippen LogP contribution in [-0.4, -0.2) is 37.0 Å². The van der Waals surface area contributed by atoms with Crippen molar-refractivity contribution in [2.75, 3.05) is 31.1 Å². The molecule has 2 heterocycles. The Bertz CT molecular complexity index is 721. The summed E-state index contributed by atoms with van der Waals surface area (Å²) in [5.41, 5.74) is 4.09. The quantitative estimate of drug-likeness (QED) is 0.865. The molecule has 0 spiro atoms. The van der Waals surface area contributed by atoms with Gasteiger partial charge in [-0.15, -0.1) is 0 Å². The molecule has 1 aromatic heterocycles. The lowest BCUT2D eigenvalue weighted by Gasteiger charge is -2.31. The second kappa shape index (κ2) is 6.63. The van der Waals surface area contributed by atoms with E-state index in [9.17, 15) is 4.79 Å². The molecule has 2 aromatic rings. The maximum Gasteiger partial charge on any atom is 0.274 e. The van der Waals surface area contributed by atoms with Crippen molar-refractivity contribution in [2.24, 2.45) is 0 Å². The minimum Gasteiger partial charge on any atom is -0.335 e. The SMILES string of the molecule is O=C(Cc1ccc2c(c1)CCC2)N1CCN(c2cccc[nH+]2)CC1. The Kier molecular flexibility index (Phi) is 4.20. The van der Waals surface area contributed by atoms with Crippen LogP contribution in [0.15, 0.2) is 42.6 Å². The van der Waals surface area contributed by atoms with Crippen LogP contribution in [0.1, 0.15) is 23.1 Å². The van der Waals surface area contributed by atoms with Crippen LogP contribution < -0.4 is 9.88 Å². The number of amides is 1. The zero-order valence-corrected chi connectivity index (χ0v) is 14.0. The van der Waals surface area contributed by atoms with Gasteiger partial charge in [-0.3, -0.25) is 9.69 Å². The molecule has 1 saturated heterocycles. The van der Waals surface area contributed by atoms with Crippen LogP contribution in [0.25, 0.3) is 0 Å². The lowest BCUT2D eigenvalue weighted by molar-refractivity contribution is -0.364. The highest BCUT2D eigenvalue weighted by Gasteiger charge is 2.26. The number of anilines is 1. The van der Waals surface area contributed by atoms with Gasteiger partial charge in [0.25, 0.3) is 5.82 Å². The van der Waals surface area contributed by atoms with Crippen LogP contribution in [0.3, 0.4) is 0 Å². The first-order chi connectivity index (χ1) is 11.8. The molecule has 1 fully saturated rings. The first-order valence-corrected chi connectivity index (χ1v) is 8.90. The van der Waals surface area contributed by atoms with Gasteiger partial charge in [-0.2, -0.15) is 0 Å². The van der Waals surface area contributed by atoms with Crippen molar-refractivity contribution >= 4 is 11.7 Å². The summed E-state index contributed by atoms with van der Waals surface area (Å²) < 4.78 is 0. The summed E-state index contributed by atoms with van der Waals surface area (Å²) in [6.07, 6.45) is 6.10. The molecule has 1 N–H and O–H groups in total. The Morgan fingerprint density at radius 2 is 1.83 bits per heavy atom. The molecule has 0 atom stereocenters. The van der Waals surface area contributed by atoms with E-state index in [1.54, 1.807) is 0 Å². The van der Waals surface area contributed by atoms with Crippen molar-refractivity contribution in [1.82, 2.24) is 4.90 Å². The van der Waals surface area contributed by atoms with Crippen molar-refractivity contribution in [2.45, 2.75) is 25.7 Å². The van der Waals surface area contributed by atoms with Gasteiger partial charge in [0.2, 0.25) is 5.91 Å². The number of nitrogens with one attached hydrogen (secondary N) is 1. The number of benzene rings is 1. The molecule has 0 unspecified atom stereocenters. The summed E-state index contributed by atoms with van der Waals surface area (Å²) in [4.78, 5) is 20.2. The zero-order valence-electron chi connectivity index (χ0n) is 14.0.